The molecule has 22 heavy (non-hydrogen) atoms. The Morgan fingerprint density at radius 3 is 2.68 bits per heavy atom. The lowest BCUT2D eigenvalue weighted by molar-refractivity contribution is 0.0633. The van der Waals surface area contributed by atoms with E-state index in [0.29, 0.717) is 23.9 Å². The lowest BCUT2D eigenvalue weighted by Gasteiger charge is -2.23. The van der Waals surface area contributed by atoms with Gasteiger partial charge in [0.15, 0.2) is 0 Å². The summed E-state index contributed by atoms with van der Waals surface area (Å²) >= 11 is 5.83. The number of halogens is 1. The first-order valence-corrected chi connectivity index (χ1v) is 7.86. The van der Waals surface area contributed by atoms with E-state index in [1.165, 1.54) is 0 Å². The fourth-order valence-electron chi connectivity index (χ4n) is 2.25. The fourth-order valence-corrected chi connectivity index (χ4v) is 2.37. The van der Waals surface area contributed by atoms with Crippen molar-refractivity contribution in [2.75, 3.05) is 19.7 Å². The second kappa shape index (κ2) is 8.83. The molecule has 1 aromatic heterocycles. The summed E-state index contributed by atoms with van der Waals surface area (Å²) in [6.07, 6.45) is 2.13. The fraction of sp³-hybridized carbons (Fsp3) is 0.412. The number of ether oxygens (including phenoxy) is 1. The van der Waals surface area contributed by atoms with Gasteiger partial charge in [0.1, 0.15) is 24.2 Å². The minimum Gasteiger partial charge on any atom is -0.491 e. The molecule has 120 valence electrons. The number of furan rings is 1. The predicted octanol–water partition coefficient (Wildman–Crippen LogP) is 3.58. The van der Waals surface area contributed by atoms with Gasteiger partial charge in [-0.25, -0.2) is 0 Å². The highest BCUT2D eigenvalue weighted by molar-refractivity contribution is 6.30. The van der Waals surface area contributed by atoms with Crippen molar-refractivity contribution in [1.29, 1.82) is 0 Å². The molecule has 1 N–H and O–H groups in total. The highest BCUT2D eigenvalue weighted by Crippen LogP contribution is 2.16. The van der Waals surface area contributed by atoms with E-state index in [2.05, 4.69) is 11.8 Å². The Morgan fingerprint density at radius 1 is 1.27 bits per heavy atom. The third-order valence-electron chi connectivity index (χ3n) is 3.22. The van der Waals surface area contributed by atoms with Crippen molar-refractivity contribution in [3.63, 3.8) is 0 Å². The van der Waals surface area contributed by atoms with Gasteiger partial charge in [-0.2, -0.15) is 0 Å². The average molecular weight is 324 g/mol. The van der Waals surface area contributed by atoms with E-state index in [-0.39, 0.29) is 6.61 Å². The van der Waals surface area contributed by atoms with Crippen LogP contribution in [0.2, 0.25) is 5.02 Å². The molecule has 0 radical (unpaired) electrons. The maximum Gasteiger partial charge on any atom is 0.119 e. The largest absolute Gasteiger partial charge is 0.491 e. The van der Waals surface area contributed by atoms with Crippen LogP contribution < -0.4 is 4.74 Å². The van der Waals surface area contributed by atoms with Crippen LogP contribution in [0.4, 0.5) is 0 Å². The van der Waals surface area contributed by atoms with Crippen molar-refractivity contribution >= 4 is 11.6 Å². The van der Waals surface area contributed by atoms with Crippen molar-refractivity contribution in [2.24, 2.45) is 0 Å². The normalized spacial score (nSPS) is 12.5. The summed E-state index contributed by atoms with van der Waals surface area (Å²) in [7, 11) is 0. The summed E-state index contributed by atoms with van der Waals surface area (Å²) < 4.78 is 10.9. The topological polar surface area (TPSA) is 45.8 Å². The summed E-state index contributed by atoms with van der Waals surface area (Å²) in [5.41, 5.74) is 0. The van der Waals surface area contributed by atoms with E-state index in [1.54, 1.807) is 30.5 Å². The molecule has 5 heteroatoms. The molecule has 2 rings (SSSR count). The lowest BCUT2D eigenvalue weighted by Crippen LogP contribution is -2.35. The van der Waals surface area contributed by atoms with Crippen molar-refractivity contribution < 1.29 is 14.3 Å². The molecule has 0 aliphatic carbocycles. The standard InChI is InChI=1S/C17H22ClNO3/c1-2-9-19(12-17-4-3-10-21-17)11-15(20)13-22-16-7-5-14(18)6-8-16/h3-8,10,15,20H,2,9,11-13H2,1H3/t15-/m1/s1. The first-order valence-electron chi connectivity index (χ1n) is 7.48. The molecule has 1 aromatic carbocycles. The number of hydrogen-bond acceptors (Lipinski definition) is 4. The van der Waals surface area contributed by atoms with Crippen molar-refractivity contribution in [3.05, 3.63) is 53.4 Å². The van der Waals surface area contributed by atoms with Crippen LogP contribution in [0.3, 0.4) is 0 Å². The van der Waals surface area contributed by atoms with E-state index in [1.807, 2.05) is 12.1 Å². The molecule has 1 heterocycles. The van der Waals surface area contributed by atoms with Crippen molar-refractivity contribution in [3.8, 4) is 5.75 Å². The average Bonchev–Trinajstić information content (AvgIpc) is 3.00. The number of hydrogen-bond donors (Lipinski definition) is 1. The molecule has 0 spiro atoms. The molecule has 0 saturated heterocycles. The Balaban J connectivity index is 1.79. The van der Waals surface area contributed by atoms with Crippen molar-refractivity contribution in [2.45, 2.75) is 26.0 Å². The monoisotopic (exact) mass is 323 g/mol. The van der Waals surface area contributed by atoms with E-state index in [9.17, 15) is 5.11 Å². The molecule has 0 saturated carbocycles. The maximum absolute atomic E-state index is 10.2. The van der Waals surface area contributed by atoms with E-state index in [4.69, 9.17) is 20.8 Å². The van der Waals surface area contributed by atoms with Gasteiger partial charge in [-0.15, -0.1) is 0 Å². The zero-order chi connectivity index (χ0) is 15.8. The van der Waals surface area contributed by atoms with Gasteiger partial charge in [0.05, 0.1) is 12.8 Å². The second-order valence-corrected chi connectivity index (χ2v) is 5.67. The van der Waals surface area contributed by atoms with Gasteiger partial charge in [0, 0.05) is 11.6 Å². The molecule has 4 nitrogen and oxygen atoms in total. The molecule has 0 fully saturated rings. The Bertz CT molecular complexity index is 527. The Kier molecular flexibility index (Phi) is 6.77. The van der Waals surface area contributed by atoms with Crippen LogP contribution in [0.25, 0.3) is 0 Å². The minimum atomic E-state index is -0.558. The van der Waals surface area contributed by atoms with Gasteiger partial charge < -0.3 is 14.3 Å². The van der Waals surface area contributed by atoms with Gasteiger partial charge in [0.25, 0.3) is 0 Å². The molecule has 0 aliphatic heterocycles. The highest BCUT2D eigenvalue weighted by atomic mass is 35.5. The number of rotatable bonds is 9. The highest BCUT2D eigenvalue weighted by Gasteiger charge is 2.13. The maximum atomic E-state index is 10.2. The zero-order valence-corrected chi connectivity index (χ0v) is 13.5. The quantitative estimate of drug-likeness (QED) is 0.766. The van der Waals surface area contributed by atoms with E-state index < -0.39 is 6.10 Å². The third kappa shape index (κ3) is 5.72. The molecule has 2 aromatic rings. The van der Waals surface area contributed by atoms with E-state index >= 15 is 0 Å². The molecular weight excluding hydrogens is 302 g/mol. The lowest BCUT2D eigenvalue weighted by atomic mass is 10.3. The summed E-state index contributed by atoms with van der Waals surface area (Å²) in [6.45, 7) is 4.51. The Morgan fingerprint density at radius 2 is 2.05 bits per heavy atom. The predicted molar refractivity (Wildman–Crippen MR) is 87.2 cm³/mol. The molecule has 0 amide bonds. The molecular formula is C17H22ClNO3. The Labute approximate surface area is 136 Å². The van der Waals surface area contributed by atoms with Crippen LogP contribution in [-0.4, -0.2) is 35.8 Å². The number of nitrogens with zero attached hydrogens (tertiary/aromatic N) is 1. The van der Waals surface area contributed by atoms with Crippen LogP contribution >= 0.6 is 11.6 Å². The molecule has 0 bridgehead atoms. The van der Waals surface area contributed by atoms with Crippen LogP contribution in [0, 0.1) is 0 Å². The summed E-state index contributed by atoms with van der Waals surface area (Å²) in [4.78, 5) is 2.16. The molecule has 0 unspecified atom stereocenters. The van der Waals surface area contributed by atoms with Gasteiger partial charge >= 0.3 is 0 Å². The summed E-state index contributed by atoms with van der Waals surface area (Å²) in [6, 6.07) is 10.9. The summed E-state index contributed by atoms with van der Waals surface area (Å²) in [5, 5.41) is 10.8. The smallest absolute Gasteiger partial charge is 0.119 e. The van der Waals surface area contributed by atoms with Crippen LogP contribution in [0.1, 0.15) is 19.1 Å². The number of aliphatic hydroxyl groups is 1. The van der Waals surface area contributed by atoms with Crippen LogP contribution in [-0.2, 0) is 6.54 Å². The SMILES string of the molecule is CCCN(Cc1ccco1)C[C@@H](O)COc1ccc(Cl)cc1. The van der Waals surface area contributed by atoms with E-state index in [0.717, 1.165) is 18.7 Å². The Hall–Kier alpha value is -1.49. The van der Waals surface area contributed by atoms with Gasteiger partial charge in [-0.1, -0.05) is 18.5 Å². The van der Waals surface area contributed by atoms with Gasteiger partial charge in [-0.3, -0.25) is 4.90 Å². The van der Waals surface area contributed by atoms with Gasteiger partial charge in [-0.05, 0) is 49.4 Å². The first kappa shape index (κ1) is 16.9. The van der Waals surface area contributed by atoms with Crippen molar-refractivity contribution in [1.82, 2.24) is 4.90 Å². The number of aliphatic hydroxyl groups excluding tert-OH is 1. The van der Waals surface area contributed by atoms with Crippen LogP contribution in [0.5, 0.6) is 5.75 Å². The zero-order valence-electron chi connectivity index (χ0n) is 12.7. The minimum absolute atomic E-state index is 0.250. The molecule has 0 aliphatic rings. The molecule has 1 atom stereocenters. The van der Waals surface area contributed by atoms with Gasteiger partial charge in [0.2, 0.25) is 0 Å². The first-order chi connectivity index (χ1) is 10.7. The summed E-state index contributed by atoms with van der Waals surface area (Å²) in [5.74, 6) is 1.61. The van der Waals surface area contributed by atoms with Crippen LogP contribution in [0.15, 0.2) is 47.1 Å². The second-order valence-electron chi connectivity index (χ2n) is 5.23. The number of benzene rings is 1. The third-order valence-corrected chi connectivity index (χ3v) is 3.48.